The van der Waals surface area contributed by atoms with Gasteiger partial charge in [0.1, 0.15) is 50.3 Å². The van der Waals surface area contributed by atoms with E-state index in [1.165, 1.54) is 12.7 Å². The summed E-state index contributed by atoms with van der Waals surface area (Å²) in [6.45, 7) is -0.186. The summed E-state index contributed by atoms with van der Waals surface area (Å²) in [7, 11) is -3.91. The molecule has 0 saturated carbocycles. The second-order valence-corrected chi connectivity index (χ2v) is 9.12. The van der Waals surface area contributed by atoms with Gasteiger partial charge in [-0.05, 0) is 5.56 Å². The van der Waals surface area contributed by atoms with Crippen LogP contribution in [0.2, 0.25) is 0 Å². The highest BCUT2D eigenvalue weighted by Crippen LogP contribution is 2.60. The third kappa shape index (κ3) is 4.50. The number of nitrogens with two attached hydrogens (primary N) is 1. The molecule has 0 amide bonds. The molecule has 0 aliphatic carbocycles. The summed E-state index contributed by atoms with van der Waals surface area (Å²) in [6.07, 6.45) is -2.57. The van der Waals surface area contributed by atoms with Gasteiger partial charge in [-0.3, -0.25) is 0 Å². The van der Waals surface area contributed by atoms with E-state index in [9.17, 15) is 15.1 Å². The third-order valence-corrected chi connectivity index (χ3v) is 6.80. The fourth-order valence-electron chi connectivity index (χ4n) is 3.60. The van der Waals surface area contributed by atoms with E-state index in [1.807, 2.05) is 30.3 Å². The normalized spacial score (nSPS) is 32.3. The minimum atomic E-state index is -3.91. The van der Waals surface area contributed by atoms with Gasteiger partial charge < -0.3 is 30.4 Å². The first-order valence-corrected chi connectivity index (χ1v) is 11.6. The lowest BCUT2D eigenvalue weighted by atomic mass is 10.1. The van der Waals surface area contributed by atoms with E-state index in [0.717, 1.165) is 10.3 Å². The highest BCUT2D eigenvalue weighted by Gasteiger charge is 2.48. The number of benzene rings is 1. The molecule has 2 aliphatic rings. The van der Waals surface area contributed by atoms with Gasteiger partial charge in [0.15, 0.2) is 11.3 Å². The molecule has 6 atom stereocenters. The Hall–Kier alpha value is -2.48. The molecule has 2 aromatic heterocycles. The van der Waals surface area contributed by atoms with Crippen molar-refractivity contribution in [2.75, 3.05) is 18.9 Å². The maximum atomic E-state index is 12.9. The largest absolute Gasteiger partial charge is 0.606 e. The number of aromatic nitrogens is 4. The van der Waals surface area contributed by atoms with E-state index >= 15 is 0 Å². The van der Waals surface area contributed by atoms with Crippen molar-refractivity contribution >= 4 is 25.2 Å². The van der Waals surface area contributed by atoms with E-state index < -0.39 is 38.9 Å². The van der Waals surface area contributed by atoms with Crippen molar-refractivity contribution < 1.29 is 38.3 Å². The number of nitrogen functional groups attached to an aromatic ring is 1. The fourth-order valence-corrected chi connectivity index (χ4v) is 4.99. The van der Waals surface area contributed by atoms with Crippen LogP contribution >= 0.6 is 8.17 Å². The molecule has 14 heteroatoms. The molecule has 0 spiro atoms. The maximum Gasteiger partial charge on any atom is 0.380 e. The standard InChI is InChI=1S/C19H22N5O8P/c20-17-14-18(22-9-21-17)24(10-23-14)31-19-16(26)15(25)13(30-19)8-29-33(27)28-7-6-12(32-33)11-4-2-1-3-5-11/h1-5,9-10,12-13,15-16,19,25-26H,6-8H2,(H2,20,21,22)/t12-,13+,15+,16-,19-,33?/m0/s1. The Labute approximate surface area is 188 Å². The van der Waals surface area contributed by atoms with Crippen molar-refractivity contribution in [3.63, 3.8) is 0 Å². The summed E-state index contributed by atoms with van der Waals surface area (Å²) in [5, 5.41) is 20.7. The van der Waals surface area contributed by atoms with Gasteiger partial charge in [-0.25, -0.2) is 15.0 Å². The average Bonchev–Trinajstić information content (AvgIpc) is 3.36. The van der Waals surface area contributed by atoms with E-state index in [2.05, 4.69) is 15.0 Å². The number of rotatable bonds is 6. The first-order chi connectivity index (χ1) is 15.9. The van der Waals surface area contributed by atoms with Crippen molar-refractivity contribution in [3.8, 4) is 0 Å². The lowest BCUT2D eigenvalue weighted by Gasteiger charge is -2.33. The molecule has 4 heterocycles. The quantitative estimate of drug-likeness (QED) is 0.387. The number of aliphatic hydroxyl groups is 2. The van der Waals surface area contributed by atoms with Gasteiger partial charge in [-0.15, -0.1) is 4.73 Å². The molecule has 1 unspecified atom stereocenters. The fraction of sp³-hybridized carbons (Fsp3) is 0.421. The average molecular weight is 479 g/mol. The molecule has 4 N–H and O–H groups in total. The second-order valence-electron chi connectivity index (χ2n) is 7.50. The predicted octanol–water partition coefficient (Wildman–Crippen LogP) is -0.483. The Bertz CT molecular complexity index is 1110. The molecule has 2 saturated heterocycles. The number of hydrogen-bond acceptors (Lipinski definition) is 12. The summed E-state index contributed by atoms with van der Waals surface area (Å²) >= 11 is 0. The van der Waals surface area contributed by atoms with Crippen LogP contribution in [-0.2, 0) is 18.3 Å². The highest BCUT2D eigenvalue weighted by atomic mass is 31.2. The molecule has 1 aromatic carbocycles. The minimum absolute atomic E-state index is 0.160. The molecule has 0 radical (unpaired) electrons. The topological polar surface area (TPSA) is 179 Å². The number of nitrogens with zero attached hydrogens (tertiary/aromatic N) is 4. The molecular formula is C19H22N5O8P. The van der Waals surface area contributed by atoms with Crippen LogP contribution in [-0.4, -0.2) is 67.7 Å². The van der Waals surface area contributed by atoms with Crippen LogP contribution < -0.4 is 15.5 Å². The number of imidazole rings is 1. The number of hydrogen-bond donors (Lipinski definition) is 3. The van der Waals surface area contributed by atoms with E-state index in [4.69, 9.17) is 28.9 Å². The molecule has 3 aromatic rings. The van der Waals surface area contributed by atoms with Crippen LogP contribution in [0.4, 0.5) is 5.82 Å². The summed E-state index contributed by atoms with van der Waals surface area (Å²) < 4.78 is 23.0. The van der Waals surface area contributed by atoms with Crippen LogP contribution in [0.3, 0.4) is 0 Å². The van der Waals surface area contributed by atoms with Crippen LogP contribution in [0.25, 0.3) is 11.2 Å². The number of phosphoric acid groups is 1. The molecular weight excluding hydrogens is 457 g/mol. The van der Waals surface area contributed by atoms with Gasteiger partial charge in [-0.2, -0.15) is 13.6 Å². The molecule has 176 valence electrons. The zero-order valence-corrected chi connectivity index (χ0v) is 18.1. The highest BCUT2D eigenvalue weighted by molar-refractivity contribution is 7.54. The lowest BCUT2D eigenvalue weighted by molar-refractivity contribution is -0.265. The van der Waals surface area contributed by atoms with Gasteiger partial charge >= 0.3 is 8.17 Å². The molecule has 0 bridgehead atoms. The lowest BCUT2D eigenvalue weighted by Crippen LogP contribution is -2.38. The molecule has 2 fully saturated rings. The number of phosphoric ester groups is 1. The van der Waals surface area contributed by atoms with Gasteiger partial charge in [-0.1, -0.05) is 30.3 Å². The Balaban J connectivity index is 1.22. The zero-order chi connectivity index (χ0) is 23.0. The number of anilines is 1. The number of fused-ring (bicyclic) bond motifs is 1. The van der Waals surface area contributed by atoms with Crippen LogP contribution in [0.1, 0.15) is 18.1 Å². The molecule has 5 rings (SSSR count). The van der Waals surface area contributed by atoms with Gasteiger partial charge in [0, 0.05) is 6.42 Å². The SMILES string of the molecule is Nc1ncnc2c1ncn2O[C@@H]1O[C@H](CO[P+]2([O-])OCC[C@@H](c3ccccc3)O2)[C@@H](O)[C@@H]1O. The molecule has 2 aliphatic heterocycles. The van der Waals surface area contributed by atoms with Crippen molar-refractivity contribution in [3.05, 3.63) is 48.5 Å². The maximum absolute atomic E-state index is 12.9. The van der Waals surface area contributed by atoms with Gasteiger partial charge in [0.25, 0.3) is 6.29 Å². The number of aliphatic hydroxyl groups excluding tert-OH is 2. The molecule has 33 heavy (non-hydrogen) atoms. The first kappa shape index (κ1) is 22.3. The number of ether oxygens (including phenoxy) is 1. The van der Waals surface area contributed by atoms with Crippen molar-refractivity contribution in [1.82, 2.24) is 19.7 Å². The monoisotopic (exact) mass is 479 g/mol. The summed E-state index contributed by atoms with van der Waals surface area (Å²) in [5.41, 5.74) is 7.16. The second kappa shape index (κ2) is 9.05. The Morgan fingerprint density at radius 3 is 2.82 bits per heavy atom. The minimum Gasteiger partial charge on any atom is -0.606 e. The third-order valence-electron chi connectivity index (χ3n) is 5.32. The van der Waals surface area contributed by atoms with Crippen molar-refractivity contribution in [2.45, 2.75) is 37.1 Å². The summed E-state index contributed by atoms with van der Waals surface area (Å²) in [5.74, 6) is 0.160. The Kier molecular flexibility index (Phi) is 6.12. The summed E-state index contributed by atoms with van der Waals surface area (Å²) in [6, 6.07) is 9.31. The Morgan fingerprint density at radius 1 is 1.18 bits per heavy atom. The Morgan fingerprint density at radius 2 is 2.00 bits per heavy atom. The van der Waals surface area contributed by atoms with Gasteiger partial charge in [0.05, 0.1) is 0 Å². The van der Waals surface area contributed by atoms with Crippen molar-refractivity contribution in [1.29, 1.82) is 0 Å². The zero-order valence-electron chi connectivity index (χ0n) is 17.2. The molecule has 13 nitrogen and oxygen atoms in total. The first-order valence-electron chi connectivity index (χ1n) is 10.2. The summed E-state index contributed by atoms with van der Waals surface area (Å²) in [4.78, 5) is 30.5. The van der Waals surface area contributed by atoms with Crippen LogP contribution in [0.15, 0.2) is 43.0 Å². The van der Waals surface area contributed by atoms with E-state index in [0.29, 0.717) is 11.9 Å². The van der Waals surface area contributed by atoms with Gasteiger partial charge in [0.2, 0.25) is 5.65 Å². The van der Waals surface area contributed by atoms with E-state index in [-0.39, 0.29) is 24.7 Å². The van der Waals surface area contributed by atoms with Crippen molar-refractivity contribution in [2.24, 2.45) is 0 Å². The smallest absolute Gasteiger partial charge is 0.380 e. The predicted molar refractivity (Wildman–Crippen MR) is 111 cm³/mol. The van der Waals surface area contributed by atoms with Crippen LogP contribution in [0.5, 0.6) is 0 Å². The van der Waals surface area contributed by atoms with Crippen LogP contribution in [0, 0.1) is 0 Å². The van der Waals surface area contributed by atoms with E-state index in [1.54, 1.807) is 0 Å².